The van der Waals surface area contributed by atoms with Crippen molar-refractivity contribution in [1.29, 1.82) is 0 Å². The summed E-state index contributed by atoms with van der Waals surface area (Å²) in [5.41, 5.74) is 20.8. The van der Waals surface area contributed by atoms with E-state index < -0.39 is 0 Å². The second kappa shape index (κ2) is 17.8. The van der Waals surface area contributed by atoms with Crippen LogP contribution in [0, 0.1) is 0 Å². The first-order valence-electron chi connectivity index (χ1n) is 23.3. The Morgan fingerprint density at radius 1 is 0.235 bits per heavy atom. The van der Waals surface area contributed by atoms with Gasteiger partial charge >= 0.3 is 0 Å². The Morgan fingerprint density at radius 3 is 1.25 bits per heavy atom. The summed E-state index contributed by atoms with van der Waals surface area (Å²) in [6.45, 7) is 0. The average Bonchev–Trinajstić information content (AvgIpc) is 3.76. The lowest BCUT2D eigenvalue weighted by Gasteiger charge is -2.31. The van der Waals surface area contributed by atoms with Crippen LogP contribution in [-0.4, -0.2) is 4.57 Å². The molecule has 12 aromatic rings. The zero-order valence-corrected chi connectivity index (χ0v) is 37.5. The van der Waals surface area contributed by atoms with Gasteiger partial charge in [0.05, 0.1) is 22.4 Å². The molecule has 0 aliphatic heterocycles. The van der Waals surface area contributed by atoms with Crippen molar-refractivity contribution in [2.45, 2.75) is 0 Å². The topological polar surface area (TPSA) is 8.17 Å². The Kier molecular flexibility index (Phi) is 10.6. The van der Waals surface area contributed by atoms with Crippen molar-refractivity contribution in [1.82, 2.24) is 4.57 Å². The van der Waals surface area contributed by atoms with E-state index in [2.05, 4.69) is 289 Å². The number of nitrogens with zero attached hydrogens (tertiary/aromatic N) is 2. The number of fused-ring (bicyclic) bond motifs is 3. The lowest BCUT2D eigenvalue weighted by molar-refractivity contribution is 1.17. The molecule has 320 valence electrons. The fourth-order valence-corrected chi connectivity index (χ4v) is 10.1. The third kappa shape index (κ3) is 7.35. The first-order valence-corrected chi connectivity index (χ1v) is 23.3. The number of para-hydroxylation sites is 4. The quantitative estimate of drug-likeness (QED) is 0.133. The van der Waals surface area contributed by atoms with Crippen molar-refractivity contribution in [3.05, 3.63) is 279 Å². The molecular weight excluding hydrogens is 821 g/mol. The third-order valence-corrected chi connectivity index (χ3v) is 13.3. The molecule has 1 aromatic heterocycles. The molecule has 0 aliphatic rings. The summed E-state index contributed by atoms with van der Waals surface area (Å²) in [6.07, 6.45) is 0. The molecule has 0 spiro atoms. The van der Waals surface area contributed by atoms with E-state index in [0.29, 0.717) is 0 Å². The highest BCUT2D eigenvalue weighted by atomic mass is 15.1. The van der Waals surface area contributed by atoms with Crippen LogP contribution < -0.4 is 4.90 Å². The summed E-state index contributed by atoms with van der Waals surface area (Å²) >= 11 is 0. The van der Waals surface area contributed by atoms with Crippen molar-refractivity contribution in [3.63, 3.8) is 0 Å². The minimum absolute atomic E-state index is 1.06. The molecule has 11 aromatic carbocycles. The zero-order valence-electron chi connectivity index (χ0n) is 37.5. The van der Waals surface area contributed by atoms with Gasteiger partial charge in [-0.05, 0) is 104 Å². The highest BCUT2D eigenvalue weighted by molar-refractivity contribution is 6.09. The maximum absolute atomic E-state index is 2.47. The summed E-state index contributed by atoms with van der Waals surface area (Å²) in [7, 11) is 0. The van der Waals surface area contributed by atoms with E-state index >= 15 is 0 Å². The number of benzene rings is 11. The van der Waals surface area contributed by atoms with Crippen molar-refractivity contribution in [2.24, 2.45) is 0 Å². The van der Waals surface area contributed by atoms with Crippen LogP contribution in [-0.2, 0) is 0 Å². The number of anilines is 3. The fraction of sp³-hybridized carbons (Fsp3) is 0. The number of hydrogen-bond donors (Lipinski definition) is 0. The average molecular weight is 867 g/mol. The largest absolute Gasteiger partial charge is 0.309 e. The molecule has 0 radical (unpaired) electrons. The maximum atomic E-state index is 2.47. The second-order valence-electron chi connectivity index (χ2n) is 17.2. The van der Waals surface area contributed by atoms with Gasteiger partial charge in [-0.1, -0.05) is 231 Å². The SMILES string of the molecule is c1ccc(-c2ccc(-c3ccccc3N(c3ccc(-n4c5ccccc5c5ccccc54)cc3)c3ccccc3-c3cccc(-c4ccccc4)c3-c3ccccc3-c3ccccc3)cc2)cc1. The van der Waals surface area contributed by atoms with E-state index in [-0.39, 0.29) is 0 Å². The van der Waals surface area contributed by atoms with Gasteiger partial charge in [-0.2, -0.15) is 0 Å². The summed E-state index contributed by atoms with van der Waals surface area (Å²) in [5.74, 6) is 0. The van der Waals surface area contributed by atoms with Gasteiger partial charge in [-0.3, -0.25) is 0 Å². The Bertz CT molecular complexity index is 3650. The smallest absolute Gasteiger partial charge is 0.0541 e. The van der Waals surface area contributed by atoms with Crippen LogP contribution in [0.1, 0.15) is 0 Å². The van der Waals surface area contributed by atoms with Crippen LogP contribution in [0.5, 0.6) is 0 Å². The number of aromatic nitrogens is 1. The Labute approximate surface area is 397 Å². The highest BCUT2D eigenvalue weighted by Crippen LogP contribution is 2.50. The van der Waals surface area contributed by atoms with E-state index in [1.165, 1.54) is 66.3 Å². The summed E-state index contributed by atoms with van der Waals surface area (Å²) in [4.78, 5) is 2.47. The minimum atomic E-state index is 1.06. The van der Waals surface area contributed by atoms with Gasteiger partial charge < -0.3 is 9.47 Å². The normalized spacial score (nSPS) is 11.2. The summed E-state index contributed by atoms with van der Waals surface area (Å²) < 4.78 is 2.39. The molecular formula is C66H46N2. The van der Waals surface area contributed by atoms with Crippen molar-refractivity contribution in [2.75, 3.05) is 4.90 Å². The minimum Gasteiger partial charge on any atom is -0.309 e. The summed E-state index contributed by atoms with van der Waals surface area (Å²) in [6, 6.07) is 101. The van der Waals surface area contributed by atoms with Crippen molar-refractivity contribution in [3.8, 4) is 72.4 Å². The first-order chi connectivity index (χ1) is 33.8. The van der Waals surface area contributed by atoms with E-state index in [4.69, 9.17) is 0 Å². The van der Waals surface area contributed by atoms with Crippen molar-refractivity contribution >= 4 is 38.9 Å². The molecule has 12 rings (SSSR count). The van der Waals surface area contributed by atoms with Crippen LogP contribution in [0.2, 0.25) is 0 Å². The van der Waals surface area contributed by atoms with Crippen LogP contribution >= 0.6 is 0 Å². The molecule has 0 atom stereocenters. The molecule has 0 N–H and O–H groups in total. The lowest BCUT2D eigenvalue weighted by atomic mass is 9.84. The lowest BCUT2D eigenvalue weighted by Crippen LogP contribution is -2.13. The van der Waals surface area contributed by atoms with Gasteiger partial charge in [-0.25, -0.2) is 0 Å². The molecule has 2 heteroatoms. The monoisotopic (exact) mass is 866 g/mol. The predicted molar refractivity (Wildman–Crippen MR) is 288 cm³/mol. The van der Waals surface area contributed by atoms with Gasteiger partial charge in [0.2, 0.25) is 0 Å². The van der Waals surface area contributed by atoms with Crippen LogP contribution in [0.3, 0.4) is 0 Å². The summed E-state index contributed by atoms with van der Waals surface area (Å²) in [5, 5.41) is 2.50. The van der Waals surface area contributed by atoms with Gasteiger partial charge in [0.15, 0.2) is 0 Å². The molecule has 0 unspecified atom stereocenters. The molecule has 1 heterocycles. The van der Waals surface area contributed by atoms with Crippen LogP contribution in [0.4, 0.5) is 17.1 Å². The van der Waals surface area contributed by atoms with Gasteiger partial charge in [-0.15, -0.1) is 0 Å². The Morgan fingerprint density at radius 2 is 0.632 bits per heavy atom. The van der Waals surface area contributed by atoms with Gasteiger partial charge in [0, 0.05) is 33.3 Å². The Hall–Kier alpha value is -8.98. The van der Waals surface area contributed by atoms with E-state index in [1.54, 1.807) is 0 Å². The molecule has 0 bridgehead atoms. The zero-order chi connectivity index (χ0) is 45.2. The Balaban J connectivity index is 1.09. The van der Waals surface area contributed by atoms with E-state index in [0.717, 1.165) is 45.0 Å². The number of hydrogen-bond acceptors (Lipinski definition) is 1. The van der Waals surface area contributed by atoms with E-state index in [9.17, 15) is 0 Å². The molecule has 0 amide bonds. The van der Waals surface area contributed by atoms with Gasteiger partial charge in [0.1, 0.15) is 0 Å². The molecule has 68 heavy (non-hydrogen) atoms. The molecule has 0 aliphatic carbocycles. The number of rotatable bonds is 10. The predicted octanol–water partition coefficient (Wildman–Crippen LogP) is 18.3. The molecule has 0 saturated heterocycles. The second-order valence-corrected chi connectivity index (χ2v) is 17.2. The molecule has 0 saturated carbocycles. The molecule has 0 fully saturated rings. The van der Waals surface area contributed by atoms with Gasteiger partial charge in [0.25, 0.3) is 0 Å². The standard InChI is InChI=1S/C66H46N2/c1-4-21-47(22-5-1)48-39-41-51(42-40-48)55-28-12-16-35-62(55)67(52-43-45-53(46-44-52)68-63-36-17-13-29-57(63)58-30-14-18-37-64(58)68)65-38-19-15-31-59(65)61-34-20-33-56(50-25-8-3-9-26-50)66(61)60-32-11-10-27-54(60)49-23-6-2-7-24-49/h1-46H. The first kappa shape index (κ1) is 40.5. The van der Waals surface area contributed by atoms with Crippen LogP contribution in [0.25, 0.3) is 94.3 Å². The third-order valence-electron chi connectivity index (χ3n) is 13.3. The van der Waals surface area contributed by atoms with Crippen LogP contribution in [0.15, 0.2) is 279 Å². The maximum Gasteiger partial charge on any atom is 0.0541 e. The van der Waals surface area contributed by atoms with Crippen molar-refractivity contribution < 1.29 is 0 Å². The van der Waals surface area contributed by atoms with E-state index in [1.807, 2.05) is 0 Å². The highest BCUT2D eigenvalue weighted by Gasteiger charge is 2.24. The molecule has 2 nitrogen and oxygen atoms in total. The fourth-order valence-electron chi connectivity index (χ4n) is 10.1.